The van der Waals surface area contributed by atoms with Gasteiger partial charge in [0, 0.05) is 19.1 Å². The number of amides is 1. The van der Waals surface area contributed by atoms with E-state index in [-0.39, 0.29) is 11.9 Å². The minimum Gasteiger partial charge on any atom is -0.336 e. The van der Waals surface area contributed by atoms with Gasteiger partial charge < -0.3 is 10.6 Å². The van der Waals surface area contributed by atoms with Gasteiger partial charge in [-0.1, -0.05) is 24.8 Å². The molecule has 0 aliphatic carbocycles. The lowest BCUT2D eigenvalue weighted by Gasteiger charge is -2.14. The first-order valence-corrected chi connectivity index (χ1v) is 6.77. The zero-order chi connectivity index (χ0) is 12.4. The van der Waals surface area contributed by atoms with Gasteiger partial charge in [-0.15, -0.1) is 5.10 Å². The van der Waals surface area contributed by atoms with Gasteiger partial charge in [-0.25, -0.2) is 0 Å². The molecule has 1 fully saturated rings. The third-order valence-electron chi connectivity index (χ3n) is 3.19. The third-order valence-corrected chi connectivity index (χ3v) is 3.95. The predicted octanol–water partition coefficient (Wildman–Crippen LogP) is 0.910. The number of hydrogen-bond acceptors (Lipinski definition) is 5. The van der Waals surface area contributed by atoms with Crippen molar-refractivity contribution >= 4 is 17.4 Å². The van der Waals surface area contributed by atoms with Crippen molar-refractivity contribution in [1.82, 2.24) is 14.5 Å². The van der Waals surface area contributed by atoms with E-state index < -0.39 is 0 Å². The van der Waals surface area contributed by atoms with Crippen molar-refractivity contribution in [2.24, 2.45) is 11.7 Å². The maximum absolute atomic E-state index is 12.3. The number of aromatic nitrogens is 2. The molecule has 94 valence electrons. The van der Waals surface area contributed by atoms with E-state index in [9.17, 15) is 4.79 Å². The first kappa shape index (κ1) is 12.4. The summed E-state index contributed by atoms with van der Waals surface area (Å²) in [5.41, 5.74) is 6.76. The summed E-state index contributed by atoms with van der Waals surface area (Å²) in [6, 6.07) is 0.0921. The molecule has 0 bridgehead atoms. The van der Waals surface area contributed by atoms with E-state index in [0.29, 0.717) is 17.3 Å². The normalized spacial score (nSPS) is 24.3. The summed E-state index contributed by atoms with van der Waals surface area (Å²) in [4.78, 5) is 14.8. The van der Waals surface area contributed by atoms with E-state index in [2.05, 4.69) is 23.4 Å². The number of carbonyl (C=O) groups is 1. The van der Waals surface area contributed by atoms with Crippen molar-refractivity contribution in [1.29, 1.82) is 0 Å². The fourth-order valence-corrected chi connectivity index (χ4v) is 2.75. The Hall–Kier alpha value is -1.01. The molecule has 1 saturated heterocycles. The Balaban J connectivity index is 2.12. The number of nitrogens with two attached hydrogens (primary N) is 1. The second kappa shape index (κ2) is 5.10. The van der Waals surface area contributed by atoms with Crippen LogP contribution in [0.5, 0.6) is 0 Å². The molecule has 0 aromatic carbocycles. The predicted molar refractivity (Wildman–Crippen MR) is 66.9 cm³/mol. The van der Waals surface area contributed by atoms with Crippen molar-refractivity contribution in [3.8, 4) is 0 Å². The van der Waals surface area contributed by atoms with Crippen LogP contribution in [0.2, 0.25) is 0 Å². The summed E-state index contributed by atoms with van der Waals surface area (Å²) in [6.45, 7) is 5.53. The zero-order valence-electron chi connectivity index (χ0n) is 10.2. The molecule has 2 rings (SSSR count). The Morgan fingerprint density at radius 2 is 2.35 bits per heavy atom. The first-order chi connectivity index (χ1) is 8.13. The topological polar surface area (TPSA) is 72.1 Å². The smallest absolute Gasteiger partial charge is 0.267 e. The molecule has 1 amide bonds. The lowest BCUT2D eigenvalue weighted by atomic mass is 10.1. The van der Waals surface area contributed by atoms with Gasteiger partial charge in [-0.3, -0.25) is 4.79 Å². The van der Waals surface area contributed by atoms with Crippen LogP contribution in [0.25, 0.3) is 0 Å². The second-order valence-corrected chi connectivity index (χ2v) is 5.40. The first-order valence-electron chi connectivity index (χ1n) is 5.99. The molecule has 1 aliphatic heterocycles. The Morgan fingerprint density at radius 1 is 1.59 bits per heavy atom. The fourth-order valence-electron chi connectivity index (χ4n) is 2.07. The molecule has 2 heterocycles. The molecular formula is C11H18N4OS. The molecule has 0 radical (unpaired) electrons. The molecule has 2 atom stereocenters. The van der Waals surface area contributed by atoms with Crippen LogP contribution in [0.15, 0.2) is 0 Å². The van der Waals surface area contributed by atoms with Crippen LogP contribution in [-0.4, -0.2) is 39.5 Å². The monoisotopic (exact) mass is 254 g/mol. The van der Waals surface area contributed by atoms with Crippen LogP contribution >= 0.6 is 11.5 Å². The van der Waals surface area contributed by atoms with E-state index >= 15 is 0 Å². The fraction of sp³-hybridized carbons (Fsp3) is 0.727. The van der Waals surface area contributed by atoms with E-state index in [0.717, 1.165) is 25.1 Å². The summed E-state index contributed by atoms with van der Waals surface area (Å²) in [6.07, 6.45) is 1.79. The van der Waals surface area contributed by atoms with Crippen LogP contribution in [0.1, 0.15) is 35.6 Å². The van der Waals surface area contributed by atoms with Crippen LogP contribution in [-0.2, 0) is 6.42 Å². The van der Waals surface area contributed by atoms with Gasteiger partial charge in [0.15, 0.2) is 0 Å². The van der Waals surface area contributed by atoms with Crippen molar-refractivity contribution in [3.05, 3.63) is 10.6 Å². The highest BCUT2D eigenvalue weighted by Gasteiger charge is 2.32. The van der Waals surface area contributed by atoms with Crippen LogP contribution in [0.4, 0.5) is 0 Å². The lowest BCUT2D eigenvalue weighted by molar-refractivity contribution is 0.0790. The molecule has 1 aromatic heterocycles. The summed E-state index contributed by atoms with van der Waals surface area (Å²) >= 11 is 1.19. The number of aryl methyl sites for hydroxylation is 1. The molecule has 0 saturated carbocycles. The van der Waals surface area contributed by atoms with Crippen LogP contribution in [0.3, 0.4) is 0 Å². The van der Waals surface area contributed by atoms with Gasteiger partial charge in [0.05, 0.1) is 5.69 Å². The van der Waals surface area contributed by atoms with Crippen molar-refractivity contribution in [2.75, 3.05) is 13.1 Å². The maximum atomic E-state index is 12.3. The van der Waals surface area contributed by atoms with Gasteiger partial charge in [0.2, 0.25) is 0 Å². The summed E-state index contributed by atoms with van der Waals surface area (Å²) < 4.78 is 3.88. The van der Waals surface area contributed by atoms with Gasteiger partial charge in [-0.2, -0.15) is 0 Å². The molecule has 5 nitrogen and oxygen atoms in total. The third kappa shape index (κ3) is 2.47. The van der Waals surface area contributed by atoms with Crippen LogP contribution in [0, 0.1) is 5.92 Å². The largest absolute Gasteiger partial charge is 0.336 e. The second-order valence-electron chi connectivity index (χ2n) is 4.65. The zero-order valence-corrected chi connectivity index (χ0v) is 11.0. The Bertz CT molecular complexity index is 396. The molecule has 1 aromatic rings. The maximum Gasteiger partial charge on any atom is 0.267 e. The molecule has 2 unspecified atom stereocenters. The highest BCUT2D eigenvalue weighted by molar-refractivity contribution is 7.08. The standard InChI is InChI=1S/C11H18N4OS/c1-3-4-9-10(17-14-13-9)11(16)15-5-7(2)8(12)6-15/h7-8H,3-6,12H2,1-2H3. The Morgan fingerprint density at radius 3 is 2.94 bits per heavy atom. The van der Waals surface area contributed by atoms with Crippen molar-refractivity contribution < 1.29 is 4.79 Å². The number of nitrogens with zero attached hydrogens (tertiary/aromatic N) is 3. The average molecular weight is 254 g/mol. The highest BCUT2D eigenvalue weighted by atomic mass is 32.1. The Labute approximate surface area is 105 Å². The van der Waals surface area contributed by atoms with Crippen molar-refractivity contribution in [2.45, 2.75) is 32.7 Å². The molecule has 2 N–H and O–H groups in total. The molecule has 1 aliphatic rings. The van der Waals surface area contributed by atoms with E-state index in [1.54, 1.807) is 0 Å². The lowest BCUT2D eigenvalue weighted by Crippen LogP contribution is -2.32. The highest BCUT2D eigenvalue weighted by Crippen LogP contribution is 2.21. The number of rotatable bonds is 3. The molecular weight excluding hydrogens is 236 g/mol. The number of likely N-dealkylation sites (tertiary alicyclic amines) is 1. The molecule has 0 spiro atoms. The summed E-state index contributed by atoms with van der Waals surface area (Å²) in [5.74, 6) is 0.415. The SMILES string of the molecule is CCCc1nnsc1C(=O)N1CC(C)C(N)C1. The quantitative estimate of drug-likeness (QED) is 0.870. The summed E-state index contributed by atoms with van der Waals surface area (Å²) in [5, 5.41) is 4.03. The van der Waals surface area contributed by atoms with E-state index in [4.69, 9.17) is 5.73 Å². The number of hydrogen-bond donors (Lipinski definition) is 1. The van der Waals surface area contributed by atoms with E-state index in [1.807, 2.05) is 4.90 Å². The van der Waals surface area contributed by atoms with Crippen LogP contribution < -0.4 is 5.73 Å². The minimum absolute atomic E-state index is 0.0447. The van der Waals surface area contributed by atoms with E-state index in [1.165, 1.54) is 11.5 Å². The van der Waals surface area contributed by atoms with Gasteiger partial charge in [-0.05, 0) is 23.9 Å². The number of carbonyl (C=O) groups excluding carboxylic acids is 1. The summed E-state index contributed by atoms with van der Waals surface area (Å²) in [7, 11) is 0. The average Bonchev–Trinajstić information content (AvgIpc) is 2.87. The van der Waals surface area contributed by atoms with Gasteiger partial charge in [0.1, 0.15) is 4.88 Å². The van der Waals surface area contributed by atoms with Crippen molar-refractivity contribution in [3.63, 3.8) is 0 Å². The molecule has 17 heavy (non-hydrogen) atoms. The van der Waals surface area contributed by atoms with Gasteiger partial charge >= 0.3 is 0 Å². The minimum atomic E-state index is 0.0447. The molecule has 6 heteroatoms. The Kier molecular flexibility index (Phi) is 3.73. The van der Waals surface area contributed by atoms with Gasteiger partial charge in [0.25, 0.3) is 5.91 Å².